The Kier molecular flexibility index (Phi) is 5.05. The van der Waals surface area contributed by atoms with Crippen LogP contribution in [0.5, 0.6) is 0 Å². The van der Waals surface area contributed by atoms with Crippen LogP contribution < -0.4 is 0 Å². The molecule has 1 fully saturated rings. The lowest BCUT2D eigenvalue weighted by Gasteiger charge is -2.36. The van der Waals surface area contributed by atoms with Crippen molar-refractivity contribution in [1.82, 2.24) is 4.90 Å². The second-order valence-corrected chi connectivity index (χ2v) is 6.49. The van der Waals surface area contributed by atoms with Gasteiger partial charge in [-0.05, 0) is 18.4 Å². The lowest BCUT2D eigenvalue weighted by atomic mass is 10.2. The van der Waals surface area contributed by atoms with Gasteiger partial charge in [0.2, 0.25) is 5.91 Å². The van der Waals surface area contributed by atoms with Crippen molar-refractivity contribution in [1.29, 1.82) is 0 Å². The summed E-state index contributed by atoms with van der Waals surface area (Å²) in [6.07, 6.45) is -0.254. The second-order valence-electron chi connectivity index (χ2n) is 4.27. The standard InChI is InChI=1S/C12H17NO3S2/c1-9-5-13(6-10(7-14)16-9)11(15)8-18-12-3-2-4-17-12/h2-4,9-10,14H,5-8H2,1H3. The first-order valence-corrected chi connectivity index (χ1v) is 7.76. The summed E-state index contributed by atoms with van der Waals surface area (Å²) < 4.78 is 6.67. The number of rotatable bonds is 4. The predicted molar refractivity (Wildman–Crippen MR) is 73.0 cm³/mol. The van der Waals surface area contributed by atoms with E-state index >= 15 is 0 Å². The minimum Gasteiger partial charge on any atom is -0.394 e. The van der Waals surface area contributed by atoms with Gasteiger partial charge in [-0.15, -0.1) is 23.1 Å². The van der Waals surface area contributed by atoms with Crippen LogP contribution in [0.3, 0.4) is 0 Å². The molecule has 2 unspecified atom stereocenters. The summed E-state index contributed by atoms with van der Waals surface area (Å²) >= 11 is 3.21. The lowest BCUT2D eigenvalue weighted by Crippen LogP contribution is -2.50. The van der Waals surface area contributed by atoms with Gasteiger partial charge < -0.3 is 14.7 Å². The van der Waals surface area contributed by atoms with Gasteiger partial charge in [-0.25, -0.2) is 0 Å². The van der Waals surface area contributed by atoms with E-state index < -0.39 is 0 Å². The van der Waals surface area contributed by atoms with Crippen molar-refractivity contribution in [3.8, 4) is 0 Å². The summed E-state index contributed by atoms with van der Waals surface area (Å²) in [5, 5.41) is 11.1. The van der Waals surface area contributed by atoms with Gasteiger partial charge in [-0.2, -0.15) is 0 Å². The van der Waals surface area contributed by atoms with Crippen molar-refractivity contribution in [2.24, 2.45) is 0 Å². The van der Waals surface area contributed by atoms with Crippen LogP contribution in [0, 0.1) is 0 Å². The molecule has 0 aromatic carbocycles. The van der Waals surface area contributed by atoms with Crippen LogP contribution in [-0.4, -0.2) is 53.6 Å². The molecule has 1 N–H and O–H groups in total. The largest absolute Gasteiger partial charge is 0.394 e. The van der Waals surface area contributed by atoms with Gasteiger partial charge in [0, 0.05) is 13.1 Å². The van der Waals surface area contributed by atoms with E-state index in [4.69, 9.17) is 9.84 Å². The molecule has 1 aromatic rings. The zero-order valence-electron chi connectivity index (χ0n) is 10.2. The van der Waals surface area contributed by atoms with Crippen LogP contribution in [0.15, 0.2) is 21.7 Å². The molecule has 6 heteroatoms. The van der Waals surface area contributed by atoms with E-state index in [1.807, 2.05) is 24.4 Å². The van der Waals surface area contributed by atoms with Crippen molar-refractivity contribution in [3.05, 3.63) is 17.5 Å². The molecular weight excluding hydrogens is 270 g/mol. The zero-order chi connectivity index (χ0) is 13.0. The number of thioether (sulfide) groups is 1. The molecule has 0 radical (unpaired) electrons. The molecule has 1 saturated heterocycles. The van der Waals surface area contributed by atoms with E-state index in [0.717, 1.165) is 4.21 Å². The molecule has 18 heavy (non-hydrogen) atoms. The minimum atomic E-state index is -0.246. The normalized spacial score (nSPS) is 24.2. The number of hydrogen-bond acceptors (Lipinski definition) is 5. The number of hydrogen-bond donors (Lipinski definition) is 1. The highest BCUT2D eigenvalue weighted by Crippen LogP contribution is 2.24. The first-order valence-electron chi connectivity index (χ1n) is 5.89. The molecule has 0 spiro atoms. The highest BCUT2D eigenvalue weighted by Gasteiger charge is 2.27. The van der Waals surface area contributed by atoms with Crippen molar-refractivity contribution in [3.63, 3.8) is 0 Å². The molecule has 2 rings (SSSR count). The van der Waals surface area contributed by atoms with Crippen LogP contribution in [-0.2, 0) is 9.53 Å². The number of morpholine rings is 1. The summed E-state index contributed by atoms with van der Waals surface area (Å²) in [4.78, 5) is 13.9. The number of thiophene rings is 1. The molecule has 1 amide bonds. The van der Waals surface area contributed by atoms with E-state index in [1.54, 1.807) is 28.0 Å². The van der Waals surface area contributed by atoms with Crippen molar-refractivity contribution in [2.75, 3.05) is 25.4 Å². The molecule has 0 saturated carbocycles. The van der Waals surface area contributed by atoms with E-state index in [2.05, 4.69) is 0 Å². The molecule has 1 aliphatic rings. The fraction of sp³-hybridized carbons (Fsp3) is 0.583. The molecule has 2 atom stereocenters. The van der Waals surface area contributed by atoms with Crippen LogP contribution in [0.1, 0.15) is 6.92 Å². The molecule has 100 valence electrons. The SMILES string of the molecule is CC1CN(C(=O)CSc2cccs2)CC(CO)O1. The van der Waals surface area contributed by atoms with E-state index in [0.29, 0.717) is 18.8 Å². The van der Waals surface area contributed by atoms with Gasteiger partial charge in [0.05, 0.1) is 28.8 Å². The molecule has 4 nitrogen and oxygen atoms in total. The number of ether oxygens (including phenoxy) is 1. The highest BCUT2D eigenvalue weighted by atomic mass is 32.2. The Morgan fingerprint density at radius 1 is 1.67 bits per heavy atom. The quantitative estimate of drug-likeness (QED) is 0.852. The molecule has 2 heterocycles. The highest BCUT2D eigenvalue weighted by molar-refractivity contribution is 8.01. The van der Waals surface area contributed by atoms with Crippen molar-refractivity contribution in [2.45, 2.75) is 23.3 Å². The van der Waals surface area contributed by atoms with Crippen LogP contribution in [0.2, 0.25) is 0 Å². The number of nitrogens with zero attached hydrogens (tertiary/aromatic N) is 1. The maximum Gasteiger partial charge on any atom is 0.233 e. The second kappa shape index (κ2) is 6.56. The molecule has 1 aromatic heterocycles. The summed E-state index contributed by atoms with van der Waals surface area (Å²) in [6.45, 7) is 2.99. The Bertz CT molecular complexity index is 383. The average Bonchev–Trinajstić information content (AvgIpc) is 2.88. The van der Waals surface area contributed by atoms with Gasteiger partial charge in [-0.3, -0.25) is 4.79 Å². The smallest absolute Gasteiger partial charge is 0.233 e. The third-order valence-corrected chi connectivity index (χ3v) is 4.83. The van der Waals surface area contributed by atoms with E-state index in [1.165, 1.54) is 0 Å². The van der Waals surface area contributed by atoms with Crippen LogP contribution in [0.4, 0.5) is 0 Å². The maximum atomic E-state index is 12.1. The Balaban J connectivity index is 1.84. The van der Waals surface area contributed by atoms with Crippen LogP contribution in [0.25, 0.3) is 0 Å². The van der Waals surface area contributed by atoms with Crippen LogP contribution >= 0.6 is 23.1 Å². The molecule has 0 aliphatic carbocycles. The van der Waals surface area contributed by atoms with Gasteiger partial charge >= 0.3 is 0 Å². The first-order chi connectivity index (χ1) is 8.69. The topological polar surface area (TPSA) is 49.8 Å². The van der Waals surface area contributed by atoms with Crippen molar-refractivity contribution < 1.29 is 14.6 Å². The maximum absolute atomic E-state index is 12.1. The van der Waals surface area contributed by atoms with Gasteiger partial charge in [0.25, 0.3) is 0 Å². The molecule has 0 bridgehead atoms. The van der Waals surface area contributed by atoms with E-state index in [9.17, 15) is 4.79 Å². The van der Waals surface area contributed by atoms with Gasteiger partial charge in [0.15, 0.2) is 0 Å². The van der Waals surface area contributed by atoms with Crippen molar-refractivity contribution >= 4 is 29.0 Å². The number of amides is 1. The Labute approximate surface area is 115 Å². The first kappa shape index (κ1) is 13.9. The summed E-state index contributed by atoms with van der Waals surface area (Å²) in [5.41, 5.74) is 0. The van der Waals surface area contributed by atoms with E-state index in [-0.39, 0.29) is 24.7 Å². The number of carbonyl (C=O) groups is 1. The lowest BCUT2D eigenvalue weighted by molar-refractivity contribution is -0.144. The third kappa shape index (κ3) is 3.71. The Morgan fingerprint density at radius 3 is 3.17 bits per heavy atom. The summed E-state index contributed by atoms with van der Waals surface area (Å²) in [5.74, 6) is 0.563. The van der Waals surface area contributed by atoms with Gasteiger partial charge in [-0.1, -0.05) is 6.07 Å². The fourth-order valence-corrected chi connectivity index (χ4v) is 3.61. The average molecular weight is 287 g/mol. The fourth-order valence-electron chi connectivity index (χ4n) is 1.92. The van der Waals surface area contributed by atoms with Gasteiger partial charge in [0.1, 0.15) is 0 Å². The summed E-state index contributed by atoms with van der Waals surface area (Å²) in [7, 11) is 0. The zero-order valence-corrected chi connectivity index (χ0v) is 11.9. The minimum absolute atomic E-state index is 0.00779. The molecular formula is C12H17NO3S2. The Morgan fingerprint density at radius 2 is 2.50 bits per heavy atom. The monoisotopic (exact) mass is 287 g/mol. The molecule has 1 aliphatic heterocycles. The Hall–Kier alpha value is -0.560. The number of aliphatic hydroxyl groups is 1. The number of aliphatic hydroxyl groups excluding tert-OH is 1. The number of carbonyl (C=O) groups excluding carboxylic acids is 1. The third-order valence-electron chi connectivity index (χ3n) is 2.72. The predicted octanol–water partition coefficient (Wildman–Crippen LogP) is 1.45. The summed E-state index contributed by atoms with van der Waals surface area (Å²) in [6, 6.07) is 4.00.